The van der Waals surface area contributed by atoms with Gasteiger partial charge >= 0.3 is 0 Å². The summed E-state index contributed by atoms with van der Waals surface area (Å²) in [5.41, 5.74) is 1.30. The number of rotatable bonds is 5. The number of nitrogens with one attached hydrogen (secondary N) is 1. The lowest BCUT2D eigenvalue weighted by molar-refractivity contribution is 0.102. The van der Waals surface area contributed by atoms with Gasteiger partial charge in [-0.3, -0.25) is 4.79 Å². The van der Waals surface area contributed by atoms with E-state index in [1.54, 1.807) is 45.0 Å². The second-order valence-electron chi connectivity index (χ2n) is 7.03. The normalized spacial score (nSPS) is 12.1. The van der Waals surface area contributed by atoms with Crippen molar-refractivity contribution in [3.05, 3.63) is 59.4 Å². The fourth-order valence-electron chi connectivity index (χ4n) is 2.36. The van der Waals surface area contributed by atoms with Crippen molar-refractivity contribution in [2.75, 3.05) is 5.32 Å². The summed E-state index contributed by atoms with van der Waals surface area (Å²) in [4.78, 5) is 17.4. The number of hydrogen-bond donors (Lipinski definition) is 1. The first kappa shape index (κ1) is 19.3. The van der Waals surface area contributed by atoms with E-state index in [2.05, 4.69) is 10.3 Å². The van der Waals surface area contributed by atoms with Gasteiger partial charge in [-0.1, -0.05) is 18.2 Å². The van der Waals surface area contributed by atoms with Gasteiger partial charge in [-0.2, -0.15) is 0 Å². The molecule has 0 aliphatic heterocycles. The summed E-state index contributed by atoms with van der Waals surface area (Å²) < 4.78 is 29.3. The molecule has 1 aromatic carbocycles. The highest BCUT2D eigenvalue weighted by atomic mass is 32.2. The highest BCUT2D eigenvalue weighted by Gasteiger charge is 2.29. The molecule has 0 saturated heterocycles. The minimum absolute atomic E-state index is 0.0926. The van der Waals surface area contributed by atoms with E-state index < -0.39 is 20.5 Å². The largest absolute Gasteiger partial charge is 0.442 e. The van der Waals surface area contributed by atoms with Gasteiger partial charge in [0.1, 0.15) is 0 Å². The van der Waals surface area contributed by atoms with Crippen LogP contribution < -0.4 is 5.32 Å². The van der Waals surface area contributed by atoms with Gasteiger partial charge in [-0.05, 0) is 49.9 Å². The maximum Gasteiger partial charge on any atom is 0.278 e. The van der Waals surface area contributed by atoms with Crippen LogP contribution in [0, 0.1) is 0 Å². The van der Waals surface area contributed by atoms with Crippen molar-refractivity contribution < 1.29 is 17.6 Å². The van der Waals surface area contributed by atoms with Crippen molar-refractivity contribution in [2.45, 2.75) is 31.3 Å². The first-order chi connectivity index (χ1) is 12.7. The van der Waals surface area contributed by atoms with Gasteiger partial charge < -0.3 is 9.73 Å². The third kappa shape index (κ3) is 4.28. The third-order valence-electron chi connectivity index (χ3n) is 4.00. The van der Waals surface area contributed by atoms with E-state index in [-0.39, 0.29) is 11.4 Å². The zero-order chi connectivity index (χ0) is 19.7. The van der Waals surface area contributed by atoms with Crippen molar-refractivity contribution in [3.63, 3.8) is 0 Å². The molecule has 0 fully saturated rings. The molecule has 3 aromatic rings. The number of oxazole rings is 1. The van der Waals surface area contributed by atoms with Gasteiger partial charge in [-0.15, -0.1) is 11.3 Å². The smallest absolute Gasteiger partial charge is 0.278 e. The lowest BCUT2D eigenvalue weighted by atomic mass is 10.2. The number of carbonyl (C=O) groups excluding carboxylic acids is 1. The molecule has 8 heteroatoms. The molecule has 0 atom stereocenters. The van der Waals surface area contributed by atoms with Crippen LogP contribution in [0.3, 0.4) is 0 Å². The second-order valence-corrected chi connectivity index (χ2v) is 10.7. The number of anilines is 1. The number of aromatic nitrogens is 1. The minimum atomic E-state index is -3.31. The van der Waals surface area contributed by atoms with Crippen molar-refractivity contribution in [1.29, 1.82) is 0 Å². The molecule has 2 aromatic heterocycles. The summed E-state index contributed by atoms with van der Waals surface area (Å²) in [5.74, 6) is -0.0955. The van der Waals surface area contributed by atoms with Crippen LogP contribution >= 0.6 is 11.3 Å². The van der Waals surface area contributed by atoms with Gasteiger partial charge in [0, 0.05) is 5.69 Å². The molecule has 142 valence electrons. The number of thiophene rings is 1. The van der Waals surface area contributed by atoms with E-state index >= 15 is 0 Å². The highest BCUT2D eigenvalue weighted by molar-refractivity contribution is 7.91. The Morgan fingerprint density at radius 1 is 1.22 bits per heavy atom. The Balaban J connectivity index is 1.80. The topological polar surface area (TPSA) is 89.3 Å². The Hall–Kier alpha value is -2.45. The van der Waals surface area contributed by atoms with E-state index in [9.17, 15) is 13.2 Å². The average molecular weight is 405 g/mol. The molecule has 0 aliphatic rings. The predicted molar refractivity (Wildman–Crippen MR) is 107 cm³/mol. The number of amides is 1. The SMILES string of the molecule is CC(C)(C)S(=O)(=O)Cc1cccc(NC(=O)c2ncoc2-c2cccs2)c1. The Morgan fingerprint density at radius 3 is 2.67 bits per heavy atom. The van der Waals surface area contributed by atoms with Crippen molar-refractivity contribution in [3.8, 4) is 10.6 Å². The Labute approximate surface area is 162 Å². The predicted octanol–water partition coefficient (Wildman–Crippen LogP) is 4.37. The molecule has 2 heterocycles. The van der Waals surface area contributed by atoms with Crippen LogP contribution in [0.5, 0.6) is 0 Å². The lowest BCUT2D eigenvalue weighted by Crippen LogP contribution is -2.29. The van der Waals surface area contributed by atoms with E-state index in [0.717, 1.165) is 4.88 Å². The molecule has 0 unspecified atom stereocenters. The summed E-state index contributed by atoms with van der Waals surface area (Å²) in [5, 5.41) is 4.65. The van der Waals surface area contributed by atoms with Crippen molar-refractivity contribution in [1.82, 2.24) is 4.98 Å². The molecule has 0 spiro atoms. The summed E-state index contributed by atoms with van der Waals surface area (Å²) >= 11 is 1.45. The van der Waals surface area contributed by atoms with E-state index in [1.165, 1.54) is 17.7 Å². The molecule has 3 rings (SSSR count). The van der Waals surface area contributed by atoms with Crippen LogP contribution in [0.15, 0.2) is 52.6 Å². The van der Waals surface area contributed by atoms with Gasteiger partial charge in [0.05, 0.1) is 15.4 Å². The molecule has 0 aliphatic carbocycles. The molecule has 1 N–H and O–H groups in total. The van der Waals surface area contributed by atoms with Crippen LogP contribution in [0.1, 0.15) is 36.8 Å². The fraction of sp³-hybridized carbons (Fsp3) is 0.263. The van der Waals surface area contributed by atoms with Crippen LogP contribution in [0.25, 0.3) is 10.6 Å². The van der Waals surface area contributed by atoms with Gasteiger partial charge in [-0.25, -0.2) is 13.4 Å². The molecule has 6 nitrogen and oxygen atoms in total. The molecule has 27 heavy (non-hydrogen) atoms. The molecular formula is C19H20N2O4S2. The number of benzene rings is 1. The van der Waals surface area contributed by atoms with Crippen LogP contribution in [-0.2, 0) is 15.6 Å². The van der Waals surface area contributed by atoms with Gasteiger partial charge in [0.2, 0.25) is 0 Å². The molecule has 0 saturated carbocycles. The first-order valence-electron chi connectivity index (χ1n) is 8.27. The quantitative estimate of drug-likeness (QED) is 0.682. The zero-order valence-corrected chi connectivity index (χ0v) is 16.9. The Bertz CT molecular complexity index is 1050. The van der Waals surface area contributed by atoms with Crippen LogP contribution in [0.4, 0.5) is 5.69 Å². The molecule has 0 radical (unpaired) electrons. The number of sulfone groups is 1. The third-order valence-corrected chi connectivity index (χ3v) is 7.45. The highest BCUT2D eigenvalue weighted by Crippen LogP contribution is 2.28. The van der Waals surface area contributed by atoms with E-state index in [4.69, 9.17) is 4.42 Å². The number of hydrogen-bond acceptors (Lipinski definition) is 6. The second kappa shape index (κ2) is 7.28. The lowest BCUT2D eigenvalue weighted by Gasteiger charge is -2.19. The first-order valence-corrected chi connectivity index (χ1v) is 10.8. The average Bonchev–Trinajstić information content (AvgIpc) is 3.25. The summed E-state index contributed by atoms with van der Waals surface area (Å²) in [6.45, 7) is 5.01. The number of nitrogens with zero attached hydrogens (tertiary/aromatic N) is 1. The summed E-state index contributed by atoms with van der Waals surface area (Å²) in [7, 11) is -3.31. The van der Waals surface area contributed by atoms with Crippen LogP contribution in [0.2, 0.25) is 0 Å². The maximum atomic E-state index is 12.6. The Kier molecular flexibility index (Phi) is 5.21. The summed E-state index contributed by atoms with van der Waals surface area (Å²) in [6, 6.07) is 10.5. The molecule has 1 amide bonds. The number of carbonyl (C=O) groups is 1. The van der Waals surface area contributed by atoms with Gasteiger partial charge in [0.25, 0.3) is 5.91 Å². The molecular weight excluding hydrogens is 384 g/mol. The fourth-order valence-corrected chi connectivity index (χ4v) is 4.12. The van der Waals surface area contributed by atoms with E-state index in [1.807, 2.05) is 17.5 Å². The van der Waals surface area contributed by atoms with Gasteiger partial charge in [0.15, 0.2) is 27.7 Å². The minimum Gasteiger partial charge on any atom is -0.442 e. The van der Waals surface area contributed by atoms with Crippen molar-refractivity contribution >= 4 is 32.8 Å². The zero-order valence-electron chi connectivity index (χ0n) is 15.2. The molecule has 0 bridgehead atoms. The Morgan fingerprint density at radius 2 is 2.00 bits per heavy atom. The monoisotopic (exact) mass is 404 g/mol. The standard InChI is InChI=1S/C19H20N2O4S2/c1-19(2,3)27(23,24)11-13-6-4-7-14(10-13)21-18(22)16-17(25-12-20-16)15-8-5-9-26-15/h4-10,12H,11H2,1-3H3,(H,21,22). The van der Waals surface area contributed by atoms with Crippen LogP contribution in [-0.4, -0.2) is 24.1 Å². The van der Waals surface area contributed by atoms with E-state index in [0.29, 0.717) is 17.0 Å². The maximum absolute atomic E-state index is 12.6. The van der Waals surface area contributed by atoms with Crippen molar-refractivity contribution in [2.24, 2.45) is 0 Å². The summed E-state index contributed by atoms with van der Waals surface area (Å²) in [6.07, 6.45) is 1.23.